The lowest BCUT2D eigenvalue weighted by molar-refractivity contribution is 0.456. The van der Waals surface area contributed by atoms with Crippen LogP contribution in [0.25, 0.3) is 0 Å². The van der Waals surface area contributed by atoms with Crippen molar-refractivity contribution in [2.24, 2.45) is 0 Å². The highest BCUT2D eigenvalue weighted by Gasteiger charge is 2.12. The molecule has 0 spiro atoms. The summed E-state index contributed by atoms with van der Waals surface area (Å²) in [5.41, 5.74) is -0.182. The molecule has 0 bridgehead atoms. The van der Waals surface area contributed by atoms with E-state index in [0.29, 0.717) is 4.47 Å². The minimum absolute atomic E-state index is 0.0780. The Morgan fingerprint density at radius 3 is 2.89 bits per heavy atom. The first kappa shape index (κ1) is 12.8. The second-order valence-corrected chi connectivity index (χ2v) is 4.59. The van der Waals surface area contributed by atoms with Crippen LogP contribution < -0.4 is 4.74 Å². The molecular weight excluding hydrogens is 322 g/mol. The summed E-state index contributed by atoms with van der Waals surface area (Å²) in [7, 11) is 0. The average molecular weight is 328 g/mol. The van der Waals surface area contributed by atoms with Gasteiger partial charge in [0.2, 0.25) is 5.88 Å². The Kier molecular flexibility index (Phi) is 3.80. The summed E-state index contributed by atoms with van der Waals surface area (Å²) in [5, 5.41) is 9.12. The van der Waals surface area contributed by atoms with Gasteiger partial charge in [0, 0.05) is 10.7 Å². The summed E-state index contributed by atoms with van der Waals surface area (Å²) in [4.78, 5) is 3.95. The van der Waals surface area contributed by atoms with E-state index >= 15 is 0 Å². The lowest BCUT2D eigenvalue weighted by atomic mass is 10.2. The number of benzene rings is 1. The molecule has 0 atom stereocenters. The third kappa shape index (κ3) is 2.61. The minimum atomic E-state index is -0.650. The minimum Gasteiger partial charge on any atom is -0.436 e. The summed E-state index contributed by atoms with van der Waals surface area (Å²) >= 11 is 9.13. The van der Waals surface area contributed by atoms with Crippen molar-refractivity contribution in [3.8, 4) is 17.7 Å². The molecule has 0 saturated carbocycles. The number of pyridine rings is 1. The van der Waals surface area contributed by atoms with E-state index in [9.17, 15) is 4.39 Å². The fourth-order valence-corrected chi connectivity index (χ4v) is 1.95. The van der Waals surface area contributed by atoms with Crippen molar-refractivity contribution in [3.05, 3.63) is 51.3 Å². The van der Waals surface area contributed by atoms with E-state index < -0.39 is 5.82 Å². The van der Waals surface area contributed by atoms with Crippen LogP contribution in [0.15, 0.2) is 34.9 Å². The molecule has 2 aromatic rings. The Morgan fingerprint density at radius 1 is 1.44 bits per heavy atom. The van der Waals surface area contributed by atoms with Crippen LogP contribution in [0, 0.1) is 17.1 Å². The van der Waals surface area contributed by atoms with E-state index in [4.69, 9.17) is 21.6 Å². The molecule has 3 nitrogen and oxygen atoms in total. The molecule has 1 heterocycles. The molecule has 90 valence electrons. The quantitative estimate of drug-likeness (QED) is 0.826. The van der Waals surface area contributed by atoms with Gasteiger partial charge in [0.05, 0.1) is 0 Å². The van der Waals surface area contributed by atoms with Gasteiger partial charge in [0.15, 0.2) is 0 Å². The fraction of sp³-hybridized carbons (Fsp3) is 0. The lowest BCUT2D eigenvalue weighted by Gasteiger charge is -2.08. The number of ether oxygens (including phenoxy) is 1. The zero-order chi connectivity index (χ0) is 13.1. The largest absolute Gasteiger partial charge is 0.436 e. The predicted octanol–water partition coefficient (Wildman–Crippen LogP) is 4.30. The van der Waals surface area contributed by atoms with Gasteiger partial charge in [-0.3, -0.25) is 0 Å². The fourth-order valence-electron chi connectivity index (χ4n) is 1.28. The van der Waals surface area contributed by atoms with Crippen LogP contribution in [-0.4, -0.2) is 4.98 Å². The normalized spacial score (nSPS) is 9.89. The maximum absolute atomic E-state index is 13.4. The number of rotatable bonds is 2. The highest BCUT2D eigenvalue weighted by molar-refractivity contribution is 9.10. The smallest absolute Gasteiger partial charge is 0.238 e. The molecular formula is C12H5BrClFN2O. The van der Waals surface area contributed by atoms with Crippen molar-refractivity contribution >= 4 is 27.5 Å². The lowest BCUT2D eigenvalue weighted by Crippen LogP contribution is -1.94. The SMILES string of the molecule is N#Cc1c(F)cccc1Oc1ncc(Br)cc1Cl. The van der Waals surface area contributed by atoms with E-state index in [0.717, 1.165) is 0 Å². The van der Waals surface area contributed by atoms with Crippen LogP contribution in [0.4, 0.5) is 4.39 Å². The van der Waals surface area contributed by atoms with Crippen molar-refractivity contribution in [1.29, 1.82) is 5.26 Å². The van der Waals surface area contributed by atoms with Gasteiger partial charge in [-0.15, -0.1) is 0 Å². The van der Waals surface area contributed by atoms with E-state index in [-0.39, 0.29) is 22.2 Å². The molecule has 18 heavy (non-hydrogen) atoms. The zero-order valence-electron chi connectivity index (χ0n) is 8.82. The molecule has 0 aliphatic carbocycles. The molecule has 0 unspecified atom stereocenters. The van der Waals surface area contributed by atoms with E-state index in [2.05, 4.69) is 20.9 Å². The van der Waals surface area contributed by atoms with Gasteiger partial charge in [0.1, 0.15) is 28.2 Å². The molecule has 0 aliphatic heterocycles. The molecule has 1 aromatic carbocycles. The number of nitriles is 1. The molecule has 0 aliphatic rings. The van der Waals surface area contributed by atoms with Gasteiger partial charge < -0.3 is 4.74 Å². The molecule has 0 radical (unpaired) electrons. The monoisotopic (exact) mass is 326 g/mol. The third-order valence-electron chi connectivity index (χ3n) is 2.07. The molecule has 1 aromatic heterocycles. The highest BCUT2D eigenvalue weighted by Crippen LogP contribution is 2.31. The van der Waals surface area contributed by atoms with Crippen molar-refractivity contribution in [2.45, 2.75) is 0 Å². The number of aromatic nitrogens is 1. The van der Waals surface area contributed by atoms with Gasteiger partial charge >= 0.3 is 0 Å². The second kappa shape index (κ2) is 5.34. The number of hydrogen-bond donors (Lipinski definition) is 0. The Morgan fingerprint density at radius 2 is 2.22 bits per heavy atom. The summed E-state index contributed by atoms with van der Waals surface area (Å²) < 4.78 is 19.4. The maximum atomic E-state index is 13.4. The predicted molar refractivity (Wildman–Crippen MR) is 68.1 cm³/mol. The third-order valence-corrected chi connectivity index (χ3v) is 2.77. The average Bonchev–Trinajstić information content (AvgIpc) is 2.33. The van der Waals surface area contributed by atoms with Gasteiger partial charge in [-0.1, -0.05) is 17.7 Å². The molecule has 0 amide bonds. The van der Waals surface area contributed by atoms with E-state index in [1.165, 1.54) is 24.4 Å². The number of nitrogens with zero attached hydrogens (tertiary/aromatic N) is 2. The van der Waals surface area contributed by atoms with Gasteiger partial charge in [0.25, 0.3) is 0 Å². The zero-order valence-corrected chi connectivity index (χ0v) is 11.2. The van der Waals surface area contributed by atoms with Gasteiger partial charge in [-0.25, -0.2) is 9.37 Å². The standard InChI is InChI=1S/C12H5BrClFN2O/c13-7-4-9(14)12(17-6-7)18-11-3-1-2-10(15)8(11)5-16/h1-4,6H. The summed E-state index contributed by atoms with van der Waals surface area (Å²) in [5.74, 6) is -0.459. The Labute approximate surface area is 116 Å². The van der Waals surface area contributed by atoms with Crippen LogP contribution in [0.5, 0.6) is 11.6 Å². The van der Waals surface area contributed by atoms with Crippen LogP contribution in [-0.2, 0) is 0 Å². The first-order chi connectivity index (χ1) is 8.61. The molecule has 0 N–H and O–H groups in total. The van der Waals surface area contributed by atoms with E-state index in [1.54, 1.807) is 12.1 Å². The van der Waals surface area contributed by atoms with Crippen molar-refractivity contribution in [3.63, 3.8) is 0 Å². The second-order valence-electron chi connectivity index (χ2n) is 3.27. The summed E-state index contributed by atoms with van der Waals surface area (Å²) in [6.07, 6.45) is 1.49. The first-order valence-electron chi connectivity index (χ1n) is 4.79. The summed E-state index contributed by atoms with van der Waals surface area (Å²) in [6, 6.07) is 7.43. The topological polar surface area (TPSA) is 45.9 Å². The molecule has 0 saturated heterocycles. The Hall–Kier alpha value is -1.64. The van der Waals surface area contributed by atoms with Crippen LogP contribution in [0.1, 0.15) is 5.56 Å². The summed E-state index contributed by atoms with van der Waals surface area (Å²) in [6.45, 7) is 0. The number of hydrogen-bond acceptors (Lipinski definition) is 3. The van der Waals surface area contributed by atoms with Crippen molar-refractivity contribution in [2.75, 3.05) is 0 Å². The highest BCUT2D eigenvalue weighted by atomic mass is 79.9. The van der Waals surface area contributed by atoms with Crippen LogP contribution in [0.3, 0.4) is 0 Å². The Bertz CT molecular complexity index is 642. The number of halogens is 3. The van der Waals surface area contributed by atoms with Crippen molar-refractivity contribution < 1.29 is 9.13 Å². The first-order valence-corrected chi connectivity index (χ1v) is 5.96. The maximum Gasteiger partial charge on any atom is 0.238 e. The van der Waals surface area contributed by atoms with Gasteiger partial charge in [-0.2, -0.15) is 5.26 Å². The Balaban J connectivity index is 2.41. The van der Waals surface area contributed by atoms with Crippen LogP contribution >= 0.6 is 27.5 Å². The van der Waals surface area contributed by atoms with Crippen molar-refractivity contribution in [1.82, 2.24) is 4.98 Å². The van der Waals surface area contributed by atoms with Crippen LogP contribution in [0.2, 0.25) is 5.02 Å². The van der Waals surface area contributed by atoms with E-state index in [1.807, 2.05) is 0 Å². The molecule has 6 heteroatoms. The molecule has 2 rings (SSSR count). The van der Waals surface area contributed by atoms with Gasteiger partial charge in [-0.05, 0) is 34.1 Å². The molecule has 0 fully saturated rings.